The molecule has 4 heteroatoms. The first-order valence-electron chi connectivity index (χ1n) is 7.02. The predicted molar refractivity (Wildman–Crippen MR) is 73.4 cm³/mol. The molecule has 0 aromatic heterocycles. The van der Waals surface area contributed by atoms with Gasteiger partial charge in [-0.05, 0) is 33.1 Å². The molecule has 18 heavy (non-hydrogen) atoms. The van der Waals surface area contributed by atoms with Gasteiger partial charge in [-0.1, -0.05) is 12.2 Å². The fraction of sp³-hybridized carbons (Fsp3) is 0.786. The quantitative estimate of drug-likeness (QED) is 0.732. The zero-order valence-corrected chi connectivity index (χ0v) is 11.5. The Morgan fingerprint density at radius 1 is 1.33 bits per heavy atom. The highest BCUT2D eigenvalue weighted by molar-refractivity contribution is 5.85. The first-order chi connectivity index (χ1) is 8.60. The van der Waals surface area contributed by atoms with Crippen molar-refractivity contribution in [2.24, 2.45) is 0 Å². The van der Waals surface area contributed by atoms with E-state index < -0.39 is 5.54 Å². The van der Waals surface area contributed by atoms with Crippen LogP contribution < -0.4 is 10.6 Å². The van der Waals surface area contributed by atoms with Gasteiger partial charge in [-0.25, -0.2) is 0 Å². The molecule has 2 rings (SSSR count). The molecule has 0 aromatic rings. The predicted octanol–water partition coefficient (Wildman–Crippen LogP) is 0.895. The van der Waals surface area contributed by atoms with Gasteiger partial charge in [0.1, 0.15) is 0 Å². The Hall–Kier alpha value is -0.870. The summed E-state index contributed by atoms with van der Waals surface area (Å²) < 4.78 is 0. The number of hydrogen-bond donors (Lipinski definition) is 2. The van der Waals surface area contributed by atoms with E-state index in [4.69, 9.17) is 0 Å². The van der Waals surface area contributed by atoms with Crippen molar-refractivity contribution in [1.29, 1.82) is 0 Å². The number of hydrogen-bond acceptors (Lipinski definition) is 3. The minimum absolute atomic E-state index is 0.171. The van der Waals surface area contributed by atoms with Crippen molar-refractivity contribution in [1.82, 2.24) is 15.5 Å². The molecule has 1 aliphatic carbocycles. The van der Waals surface area contributed by atoms with Crippen LogP contribution in [-0.4, -0.2) is 48.6 Å². The minimum atomic E-state index is -0.400. The second-order valence-corrected chi connectivity index (χ2v) is 5.75. The van der Waals surface area contributed by atoms with Crippen LogP contribution in [0.2, 0.25) is 0 Å². The number of piperazine rings is 1. The van der Waals surface area contributed by atoms with Crippen molar-refractivity contribution >= 4 is 5.91 Å². The number of carbonyl (C=O) groups excluding carboxylic acids is 1. The SMILES string of the molecule is CC(C)(C(=O)NC1CC=CCC1)N1CCNCC1. The molecule has 4 nitrogen and oxygen atoms in total. The lowest BCUT2D eigenvalue weighted by atomic mass is 9.97. The molecule has 2 aliphatic rings. The number of nitrogens with zero attached hydrogens (tertiary/aromatic N) is 1. The maximum absolute atomic E-state index is 12.4. The van der Waals surface area contributed by atoms with Gasteiger partial charge < -0.3 is 10.6 Å². The molecule has 1 unspecified atom stereocenters. The van der Waals surface area contributed by atoms with E-state index in [0.29, 0.717) is 6.04 Å². The van der Waals surface area contributed by atoms with Gasteiger partial charge in [-0.2, -0.15) is 0 Å². The molecule has 0 aromatic carbocycles. The summed E-state index contributed by atoms with van der Waals surface area (Å²) in [6.45, 7) is 7.92. The van der Waals surface area contributed by atoms with Crippen molar-refractivity contribution in [2.75, 3.05) is 26.2 Å². The van der Waals surface area contributed by atoms with Crippen LogP contribution in [0.3, 0.4) is 0 Å². The standard InChI is InChI=1S/C14H25N3O/c1-14(2,17-10-8-15-9-11-17)13(18)16-12-6-4-3-5-7-12/h3-4,12,15H,5-11H2,1-2H3,(H,16,18). The van der Waals surface area contributed by atoms with E-state index in [1.165, 1.54) is 0 Å². The molecule has 0 bridgehead atoms. The molecule has 2 N–H and O–H groups in total. The monoisotopic (exact) mass is 251 g/mol. The van der Waals surface area contributed by atoms with Gasteiger partial charge in [-0.15, -0.1) is 0 Å². The van der Waals surface area contributed by atoms with E-state index in [-0.39, 0.29) is 5.91 Å². The zero-order chi connectivity index (χ0) is 13.0. The highest BCUT2D eigenvalue weighted by atomic mass is 16.2. The molecule has 1 atom stereocenters. The fourth-order valence-electron chi connectivity index (χ4n) is 2.65. The summed E-state index contributed by atoms with van der Waals surface area (Å²) in [5.41, 5.74) is -0.400. The summed E-state index contributed by atoms with van der Waals surface area (Å²) in [6, 6.07) is 0.324. The fourth-order valence-corrected chi connectivity index (χ4v) is 2.65. The van der Waals surface area contributed by atoms with E-state index in [0.717, 1.165) is 45.4 Å². The third-order valence-corrected chi connectivity index (χ3v) is 4.07. The van der Waals surface area contributed by atoms with Crippen molar-refractivity contribution < 1.29 is 4.79 Å². The van der Waals surface area contributed by atoms with Gasteiger partial charge in [0.05, 0.1) is 5.54 Å². The van der Waals surface area contributed by atoms with Crippen LogP contribution in [0.5, 0.6) is 0 Å². The van der Waals surface area contributed by atoms with Crippen LogP contribution in [0.15, 0.2) is 12.2 Å². The minimum Gasteiger partial charge on any atom is -0.351 e. The normalized spacial score (nSPS) is 26.0. The van der Waals surface area contributed by atoms with Crippen molar-refractivity contribution in [3.63, 3.8) is 0 Å². The molecule has 1 aliphatic heterocycles. The Bertz CT molecular complexity index is 319. The Labute approximate surface area is 110 Å². The maximum Gasteiger partial charge on any atom is 0.240 e. The van der Waals surface area contributed by atoms with Crippen molar-refractivity contribution in [3.8, 4) is 0 Å². The number of nitrogens with one attached hydrogen (secondary N) is 2. The first-order valence-corrected chi connectivity index (χ1v) is 7.02. The van der Waals surface area contributed by atoms with Gasteiger partial charge in [0.25, 0.3) is 0 Å². The van der Waals surface area contributed by atoms with E-state index in [1.807, 2.05) is 13.8 Å². The second-order valence-electron chi connectivity index (χ2n) is 5.75. The molecular formula is C14H25N3O. The number of carbonyl (C=O) groups is 1. The highest BCUT2D eigenvalue weighted by Gasteiger charge is 2.35. The average Bonchev–Trinajstić information content (AvgIpc) is 2.41. The number of amides is 1. The average molecular weight is 251 g/mol. The molecular weight excluding hydrogens is 226 g/mol. The molecule has 1 fully saturated rings. The maximum atomic E-state index is 12.4. The summed E-state index contributed by atoms with van der Waals surface area (Å²) >= 11 is 0. The summed E-state index contributed by atoms with van der Waals surface area (Å²) in [4.78, 5) is 14.7. The van der Waals surface area contributed by atoms with Crippen LogP contribution in [-0.2, 0) is 4.79 Å². The molecule has 1 amide bonds. The summed E-state index contributed by atoms with van der Waals surface area (Å²) in [6.07, 6.45) is 7.50. The van der Waals surface area contributed by atoms with Crippen molar-refractivity contribution in [3.05, 3.63) is 12.2 Å². The lowest BCUT2D eigenvalue weighted by molar-refractivity contribution is -0.132. The van der Waals surface area contributed by atoms with Crippen LogP contribution in [0, 0.1) is 0 Å². The third-order valence-electron chi connectivity index (χ3n) is 4.07. The smallest absolute Gasteiger partial charge is 0.240 e. The third kappa shape index (κ3) is 3.12. The summed E-state index contributed by atoms with van der Waals surface area (Å²) in [5, 5.41) is 6.53. The van der Waals surface area contributed by atoms with Gasteiger partial charge in [0.15, 0.2) is 0 Å². The van der Waals surface area contributed by atoms with Gasteiger partial charge in [0.2, 0.25) is 5.91 Å². The summed E-state index contributed by atoms with van der Waals surface area (Å²) in [5.74, 6) is 0.171. The van der Waals surface area contributed by atoms with Crippen LogP contribution in [0.4, 0.5) is 0 Å². The van der Waals surface area contributed by atoms with Gasteiger partial charge in [0, 0.05) is 32.2 Å². The van der Waals surface area contributed by atoms with Crippen molar-refractivity contribution in [2.45, 2.75) is 44.7 Å². The van der Waals surface area contributed by atoms with E-state index in [2.05, 4.69) is 27.7 Å². The van der Waals surface area contributed by atoms with Crippen LogP contribution in [0.1, 0.15) is 33.1 Å². The first kappa shape index (κ1) is 13.6. The lowest BCUT2D eigenvalue weighted by Gasteiger charge is -2.40. The second kappa shape index (κ2) is 5.85. The molecule has 0 saturated carbocycles. The number of rotatable bonds is 3. The van der Waals surface area contributed by atoms with Gasteiger partial charge >= 0.3 is 0 Å². The van der Waals surface area contributed by atoms with Crippen LogP contribution in [0.25, 0.3) is 0 Å². The Balaban J connectivity index is 1.91. The van der Waals surface area contributed by atoms with Gasteiger partial charge in [-0.3, -0.25) is 9.69 Å². The van der Waals surface area contributed by atoms with Crippen LogP contribution >= 0.6 is 0 Å². The highest BCUT2D eigenvalue weighted by Crippen LogP contribution is 2.17. The Morgan fingerprint density at radius 3 is 2.67 bits per heavy atom. The van der Waals surface area contributed by atoms with E-state index >= 15 is 0 Å². The molecule has 0 spiro atoms. The molecule has 0 radical (unpaired) electrons. The topological polar surface area (TPSA) is 44.4 Å². The molecule has 1 heterocycles. The largest absolute Gasteiger partial charge is 0.351 e. The zero-order valence-electron chi connectivity index (χ0n) is 11.5. The number of allylic oxidation sites excluding steroid dienone is 1. The Kier molecular flexibility index (Phi) is 4.40. The van der Waals surface area contributed by atoms with E-state index in [1.54, 1.807) is 0 Å². The molecule has 102 valence electrons. The summed E-state index contributed by atoms with van der Waals surface area (Å²) in [7, 11) is 0. The lowest BCUT2D eigenvalue weighted by Crippen LogP contribution is -2.61. The molecule has 1 saturated heterocycles. The Morgan fingerprint density at radius 2 is 2.06 bits per heavy atom. The van der Waals surface area contributed by atoms with E-state index in [9.17, 15) is 4.79 Å².